The van der Waals surface area contributed by atoms with Crippen molar-refractivity contribution in [3.05, 3.63) is 109 Å². The number of aromatic nitrogens is 1. The van der Waals surface area contributed by atoms with Gasteiger partial charge in [0.2, 0.25) is 0 Å². The summed E-state index contributed by atoms with van der Waals surface area (Å²) in [5.74, 6) is 2.54. The van der Waals surface area contributed by atoms with Gasteiger partial charge in [-0.15, -0.1) is 0 Å². The van der Waals surface area contributed by atoms with Crippen LogP contribution in [0.2, 0.25) is 5.76 Å². The molecule has 0 radical (unpaired) electrons. The van der Waals surface area contributed by atoms with Crippen molar-refractivity contribution in [2.45, 2.75) is 12.7 Å². The first kappa shape index (κ1) is 20.7. The van der Waals surface area contributed by atoms with Crippen molar-refractivity contribution in [2.24, 2.45) is 7.05 Å². The average molecular weight is 513 g/mol. The molecule has 1 aliphatic heterocycles. The van der Waals surface area contributed by atoms with E-state index in [2.05, 4.69) is 128 Å². The van der Waals surface area contributed by atoms with Gasteiger partial charge in [-0.1, -0.05) is 0 Å². The normalized spacial score (nSPS) is 13.8. The number of hydrogen-bond donors (Lipinski definition) is 0. The van der Waals surface area contributed by atoms with Crippen LogP contribution in [0.4, 0.5) is 0 Å². The second kappa shape index (κ2) is 7.43. The Morgan fingerprint density at radius 1 is 0.714 bits per heavy atom. The number of pyridine rings is 1. The summed E-state index contributed by atoms with van der Waals surface area (Å²) in [7, 11) is 2.09. The summed E-state index contributed by atoms with van der Waals surface area (Å²) in [4.78, 5) is 0. The van der Waals surface area contributed by atoms with Crippen LogP contribution in [0.5, 0.6) is 0 Å². The van der Waals surface area contributed by atoms with Gasteiger partial charge in [0.25, 0.3) is 0 Å². The van der Waals surface area contributed by atoms with E-state index in [1.54, 1.807) is 0 Å². The Kier molecular flexibility index (Phi) is 4.40. The summed E-state index contributed by atoms with van der Waals surface area (Å²) in [5.41, 5.74) is 8.34. The average Bonchev–Trinajstić information content (AvgIpc) is 3.38. The fourth-order valence-corrected chi connectivity index (χ4v) is 14.8. The van der Waals surface area contributed by atoms with Gasteiger partial charge in [0.15, 0.2) is 0 Å². The van der Waals surface area contributed by atoms with E-state index in [4.69, 9.17) is 4.42 Å². The first-order valence-corrected chi connectivity index (χ1v) is 17.4. The molecule has 3 heterocycles. The quantitative estimate of drug-likeness (QED) is 0.222. The van der Waals surface area contributed by atoms with Gasteiger partial charge in [0, 0.05) is 0 Å². The minimum atomic E-state index is -2.80. The fourth-order valence-electron chi connectivity index (χ4n) is 6.11. The van der Waals surface area contributed by atoms with E-state index in [-0.39, 0.29) is 0 Å². The van der Waals surface area contributed by atoms with Gasteiger partial charge < -0.3 is 0 Å². The van der Waals surface area contributed by atoms with Gasteiger partial charge in [-0.05, 0) is 0 Å². The van der Waals surface area contributed by atoms with Crippen molar-refractivity contribution in [1.82, 2.24) is 0 Å². The van der Waals surface area contributed by atoms with Crippen LogP contribution < -0.4 is 17.8 Å². The van der Waals surface area contributed by atoms with Gasteiger partial charge in [-0.2, -0.15) is 0 Å². The molecule has 0 spiro atoms. The van der Waals surface area contributed by atoms with Crippen LogP contribution in [0, 0.1) is 6.92 Å². The van der Waals surface area contributed by atoms with E-state index in [1.165, 1.54) is 46.2 Å². The Bertz CT molecular complexity index is 1750. The molecule has 0 fully saturated rings. The Morgan fingerprint density at radius 2 is 1.37 bits per heavy atom. The topological polar surface area (TPSA) is 17.0 Å². The molecule has 0 bridgehead atoms. The van der Waals surface area contributed by atoms with Crippen LogP contribution in [0.25, 0.3) is 44.3 Å². The third kappa shape index (κ3) is 2.80. The maximum atomic E-state index is 6.71. The molecule has 6 aromatic rings. The number of benzene rings is 4. The summed E-state index contributed by atoms with van der Waals surface area (Å²) in [5, 5.41) is 2.37. The molecule has 0 amide bonds. The second-order valence-electron chi connectivity index (χ2n) is 9.86. The summed E-state index contributed by atoms with van der Waals surface area (Å²) in [6.07, 6.45) is 2.09. The SMILES string of the molecule is Cc1ccc2c(oc3c[c]([Ge]4([CH3])[c]5ccccc5-c5cccc[c]54)ccc32)c1-c1cccc[n+]1C. The summed E-state index contributed by atoms with van der Waals surface area (Å²) >= 11 is -2.80. The second-order valence-corrected chi connectivity index (χ2v) is 18.1. The molecule has 3 heteroatoms. The van der Waals surface area contributed by atoms with Crippen molar-refractivity contribution in [3.63, 3.8) is 0 Å². The monoisotopic (exact) mass is 514 g/mol. The predicted octanol–water partition coefficient (Wildman–Crippen LogP) is 5.47. The van der Waals surface area contributed by atoms with Gasteiger partial charge in [-0.25, -0.2) is 0 Å². The predicted molar refractivity (Wildman–Crippen MR) is 147 cm³/mol. The van der Waals surface area contributed by atoms with E-state index >= 15 is 0 Å². The molecule has 0 N–H and O–H groups in total. The van der Waals surface area contributed by atoms with Crippen LogP contribution in [-0.2, 0) is 7.05 Å². The minimum absolute atomic E-state index is 0.976. The summed E-state index contributed by atoms with van der Waals surface area (Å²) < 4.78 is 13.4. The van der Waals surface area contributed by atoms with E-state index in [0.717, 1.165) is 16.9 Å². The van der Waals surface area contributed by atoms with Gasteiger partial charge in [-0.3, -0.25) is 0 Å². The molecule has 35 heavy (non-hydrogen) atoms. The molecule has 2 aromatic heterocycles. The number of aryl methyl sites for hydroxylation is 2. The molecule has 2 nitrogen and oxygen atoms in total. The van der Waals surface area contributed by atoms with Crippen LogP contribution in [0.3, 0.4) is 0 Å². The Morgan fingerprint density at radius 3 is 2.09 bits per heavy atom. The van der Waals surface area contributed by atoms with Crippen molar-refractivity contribution < 1.29 is 8.98 Å². The van der Waals surface area contributed by atoms with Crippen molar-refractivity contribution >= 4 is 48.4 Å². The molecule has 4 aromatic carbocycles. The molecule has 0 saturated carbocycles. The van der Waals surface area contributed by atoms with Gasteiger partial charge >= 0.3 is 208 Å². The molecular formula is C32H26GeNO+. The van der Waals surface area contributed by atoms with E-state index in [9.17, 15) is 0 Å². The van der Waals surface area contributed by atoms with Crippen molar-refractivity contribution in [1.29, 1.82) is 0 Å². The molecular weight excluding hydrogens is 487 g/mol. The number of nitrogens with zero attached hydrogens (tertiary/aromatic N) is 1. The Balaban J connectivity index is 1.50. The number of furan rings is 1. The Labute approximate surface area is 207 Å². The zero-order valence-electron chi connectivity index (χ0n) is 20.2. The van der Waals surface area contributed by atoms with Crippen molar-refractivity contribution in [3.8, 4) is 22.4 Å². The third-order valence-electron chi connectivity index (χ3n) is 7.96. The fraction of sp³-hybridized carbons (Fsp3) is 0.0938. The van der Waals surface area contributed by atoms with Gasteiger partial charge in [0.1, 0.15) is 0 Å². The summed E-state index contributed by atoms with van der Waals surface area (Å²) in [6, 6.07) is 35.8. The standard InChI is InChI=1S/C32H26GeNO/c1-21-15-17-26-25-18-16-22(20-30(25)35-32(26)31(21)29-14-8-9-19-34(29)3)33(2)27-12-6-4-10-23(27)24-11-5-7-13-28(24)33/h4-20H,1-3H3/q+1. The zero-order chi connectivity index (χ0) is 23.7. The summed E-state index contributed by atoms with van der Waals surface area (Å²) in [6.45, 7) is 2.17. The van der Waals surface area contributed by atoms with Crippen molar-refractivity contribution in [2.75, 3.05) is 0 Å². The molecule has 0 atom stereocenters. The van der Waals surface area contributed by atoms with Crippen LogP contribution in [0.1, 0.15) is 5.56 Å². The molecule has 7 rings (SSSR count). The number of fused-ring (bicyclic) bond motifs is 6. The molecule has 0 aliphatic carbocycles. The first-order chi connectivity index (χ1) is 17.1. The maximum absolute atomic E-state index is 6.71. The molecule has 1 aliphatic rings. The molecule has 0 unspecified atom stereocenters. The Hall–Kier alpha value is -3.63. The molecule has 168 valence electrons. The van der Waals surface area contributed by atoms with E-state index < -0.39 is 13.3 Å². The number of hydrogen-bond acceptors (Lipinski definition) is 1. The zero-order valence-corrected chi connectivity index (χ0v) is 22.3. The number of rotatable bonds is 2. The van der Waals surface area contributed by atoms with Crippen LogP contribution in [-0.4, -0.2) is 13.3 Å². The third-order valence-corrected chi connectivity index (χ3v) is 17.4. The van der Waals surface area contributed by atoms with E-state index in [1.807, 2.05) is 0 Å². The molecule has 0 saturated heterocycles. The first-order valence-electron chi connectivity index (χ1n) is 12.2. The van der Waals surface area contributed by atoms with Crippen LogP contribution >= 0.6 is 0 Å². The van der Waals surface area contributed by atoms with Gasteiger partial charge in [0.05, 0.1) is 0 Å². The van der Waals surface area contributed by atoms with E-state index in [0.29, 0.717) is 0 Å². The van der Waals surface area contributed by atoms with Crippen LogP contribution in [0.15, 0.2) is 108 Å².